The molecule has 6 nitrogen and oxygen atoms in total. The molecule has 0 fully saturated rings. The minimum Gasteiger partial charge on any atom is -0.494 e. The molecule has 0 bridgehead atoms. The number of benzene rings is 4. The van der Waals surface area contributed by atoms with Crippen LogP contribution in [-0.4, -0.2) is 25.0 Å². The topological polar surface area (TPSA) is 76.7 Å². The van der Waals surface area contributed by atoms with Gasteiger partial charge in [-0.1, -0.05) is 148 Å². The van der Waals surface area contributed by atoms with Crippen LogP contribution in [0.2, 0.25) is 0 Å². The first-order valence-electron chi connectivity index (χ1n) is 19.1. The van der Waals surface area contributed by atoms with Crippen LogP contribution in [-0.2, 0) is 13.1 Å². The molecule has 4 aromatic rings. The van der Waals surface area contributed by atoms with Gasteiger partial charge in [0.15, 0.2) is 0 Å². The zero-order valence-corrected chi connectivity index (χ0v) is 32.6. The summed E-state index contributed by atoms with van der Waals surface area (Å²) in [5.41, 5.74) is 3.21. The summed E-state index contributed by atoms with van der Waals surface area (Å²) in [6, 6.07) is 31.0. The van der Waals surface area contributed by atoms with Crippen LogP contribution in [0.4, 0.5) is 0 Å². The van der Waals surface area contributed by atoms with Crippen LogP contribution in [0.5, 0.6) is 11.5 Å². The fourth-order valence-corrected chi connectivity index (χ4v) is 8.01. The van der Waals surface area contributed by atoms with Gasteiger partial charge in [-0.05, 0) is 72.5 Å². The molecule has 0 aliphatic carbocycles. The van der Waals surface area contributed by atoms with Crippen molar-refractivity contribution in [2.24, 2.45) is 0 Å². The van der Waals surface area contributed by atoms with E-state index >= 15 is 0 Å². The maximum Gasteiger partial charge on any atom is 0.252 e. The summed E-state index contributed by atoms with van der Waals surface area (Å²) in [6.45, 7) is 6.76. The van der Waals surface area contributed by atoms with Crippen LogP contribution in [0.25, 0.3) is 0 Å². The molecule has 0 spiro atoms. The lowest BCUT2D eigenvalue weighted by atomic mass is 10.1. The highest BCUT2D eigenvalue weighted by Crippen LogP contribution is 2.40. The molecule has 0 heterocycles. The van der Waals surface area contributed by atoms with Gasteiger partial charge in [-0.15, -0.1) is 0 Å². The van der Waals surface area contributed by atoms with Gasteiger partial charge in [0.25, 0.3) is 11.8 Å². The second-order valence-corrected chi connectivity index (χ2v) is 15.3. The van der Waals surface area contributed by atoms with E-state index in [9.17, 15) is 9.59 Å². The Morgan fingerprint density at radius 1 is 0.481 bits per heavy atom. The van der Waals surface area contributed by atoms with Crippen LogP contribution in [0.1, 0.15) is 123 Å². The van der Waals surface area contributed by atoms with Crippen molar-refractivity contribution in [2.45, 2.75) is 114 Å². The summed E-state index contributed by atoms with van der Waals surface area (Å²) < 4.78 is 11.8. The van der Waals surface area contributed by atoms with Gasteiger partial charge in [0, 0.05) is 22.9 Å². The maximum absolute atomic E-state index is 13.3. The lowest BCUT2D eigenvalue weighted by Crippen LogP contribution is -2.23. The molecule has 8 heteroatoms. The molecule has 0 aromatic heterocycles. The third-order valence-electron chi connectivity index (χ3n) is 8.77. The number of nitrogens with one attached hydrogen (secondary N) is 2. The normalized spacial score (nSPS) is 10.9. The Labute approximate surface area is 319 Å². The first kappa shape index (κ1) is 40.9. The van der Waals surface area contributed by atoms with E-state index in [0.717, 1.165) is 58.5 Å². The second-order valence-electron chi connectivity index (χ2n) is 13.0. The molecular weight excluding hydrogens is 685 g/mol. The zero-order valence-electron chi connectivity index (χ0n) is 31.0. The van der Waals surface area contributed by atoms with Crippen LogP contribution >= 0.6 is 21.6 Å². The molecule has 0 saturated heterocycles. The molecule has 0 aliphatic rings. The summed E-state index contributed by atoms with van der Waals surface area (Å²) in [7, 11) is 2.94. The number of unbranched alkanes of at least 4 members (excludes halogenated alkanes) is 10. The molecule has 278 valence electrons. The quantitative estimate of drug-likeness (QED) is 0.0520. The number of amides is 2. The Morgan fingerprint density at radius 3 is 1.25 bits per heavy atom. The number of ether oxygens (including phenoxy) is 2. The van der Waals surface area contributed by atoms with Gasteiger partial charge in [0.1, 0.15) is 11.5 Å². The van der Waals surface area contributed by atoms with E-state index in [1.165, 1.54) is 85.8 Å². The van der Waals surface area contributed by atoms with Crippen molar-refractivity contribution in [3.63, 3.8) is 0 Å². The summed E-state index contributed by atoms with van der Waals surface area (Å²) in [5.74, 6) is 1.43. The molecule has 2 N–H and O–H groups in total. The molecular formula is C44H56N2O4S2. The van der Waals surface area contributed by atoms with Gasteiger partial charge in [-0.3, -0.25) is 9.59 Å². The van der Waals surface area contributed by atoms with Crippen molar-refractivity contribution in [2.75, 3.05) is 13.2 Å². The molecule has 52 heavy (non-hydrogen) atoms. The summed E-state index contributed by atoms with van der Waals surface area (Å²) in [5, 5.41) is 6.12. The Hall–Kier alpha value is -3.88. The Balaban J connectivity index is 1.21. The van der Waals surface area contributed by atoms with Crippen molar-refractivity contribution >= 4 is 33.4 Å². The smallest absolute Gasteiger partial charge is 0.252 e. The third-order valence-corrected chi connectivity index (χ3v) is 11.3. The van der Waals surface area contributed by atoms with Gasteiger partial charge in [0.05, 0.1) is 24.3 Å². The van der Waals surface area contributed by atoms with Gasteiger partial charge in [-0.2, -0.15) is 0 Å². The van der Waals surface area contributed by atoms with E-state index in [1.807, 2.05) is 97.1 Å². The van der Waals surface area contributed by atoms with Crippen molar-refractivity contribution in [3.8, 4) is 11.5 Å². The molecule has 4 aromatic carbocycles. The summed E-state index contributed by atoms with van der Waals surface area (Å²) in [6.07, 6.45) is 14.8. The first-order valence-corrected chi connectivity index (χ1v) is 21.2. The van der Waals surface area contributed by atoms with E-state index in [1.54, 1.807) is 0 Å². The predicted molar refractivity (Wildman–Crippen MR) is 218 cm³/mol. The van der Waals surface area contributed by atoms with E-state index in [4.69, 9.17) is 9.47 Å². The van der Waals surface area contributed by atoms with Gasteiger partial charge < -0.3 is 20.1 Å². The first-order chi connectivity index (χ1) is 25.6. The minimum absolute atomic E-state index is 0.142. The van der Waals surface area contributed by atoms with Crippen molar-refractivity contribution in [1.82, 2.24) is 10.6 Å². The van der Waals surface area contributed by atoms with Crippen molar-refractivity contribution < 1.29 is 19.1 Å². The molecule has 2 amide bonds. The molecule has 0 aliphatic heterocycles. The van der Waals surface area contributed by atoms with E-state index < -0.39 is 0 Å². The van der Waals surface area contributed by atoms with E-state index in [-0.39, 0.29) is 11.8 Å². The molecule has 0 radical (unpaired) electrons. The van der Waals surface area contributed by atoms with E-state index in [2.05, 4.69) is 24.5 Å². The Kier molecular flexibility index (Phi) is 19.2. The lowest BCUT2D eigenvalue weighted by Gasteiger charge is -2.12. The molecule has 0 atom stereocenters. The van der Waals surface area contributed by atoms with Crippen LogP contribution in [0.15, 0.2) is 107 Å². The standard InChI is InChI=1S/C44H56N2O4S2/c1-3-5-7-9-11-17-31-49-37-27-23-35(24-28-37)33-45-43(47)39-19-13-15-21-41(39)51-52-42-22-16-14-20-40(42)44(48)46-34-36-25-29-38(30-26-36)50-32-18-12-10-8-6-4-2/h13-16,19-30H,3-12,17-18,31-34H2,1-2H3,(H,45,47)(H,46,48). The van der Waals surface area contributed by atoms with E-state index in [0.29, 0.717) is 24.2 Å². The Bertz CT molecular complexity index is 1490. The lowest BCUT2D eigenvalue weighted by molar-refractivity contribution is 0.0940. The number of rotatable bonds is 25. The largest absolute Gasteiger partial charge is 0.494 e. The molecule has 0 unspecified atom stereocenters. The zero-order chi connectivity index (χ0) is 36.6. The minimum atomic E-state index is -0.142. The fraction of sp³-hybridized carbons (Fsp3) is 0.409. The fourth-order valence-electron chi connectivity index (χ4n) is 5.65. The molecule has 4 rings (SSSR count). The number of hydrogen-bond donors (Lipinski definition) is 2. The highest BCUT2D eigenvalue weighted by Gasteiger charge is 2.15. The number of carbonyl (C=O) groups is 2. The summed E-state index contributed by atoms with van der Waals surface area (Å²) in [4.78, 5) is 28.2. The second kappa shape index (κ2) is 24.4. The third kappa shape index (κ3) is 15.0. The average Bonchev–Trinajstić information content (AvgIpc) is 3.18. The van der Waals surface area contributed by atoms with Crippen molar-refractivity contribution in [3.05, 3.63) is 119 Å². The average molecular weight is 741 g/mol. The predicted octanol–water partition coefficient (Wildman–Crippen LogP) is 11.8. The SMILES string of the molecule is CCCCCCCCOc1ccc(CNC(=O)c2ccccc2SSc2ccccc2C(=O)NCc2ccc(OCCCCCCCC)cc2)cc1. The number of hydrogen-bond acceptors (Lipinski definition) is 6. The Morgan fingerprint density at radius 2 is 0.846 bits per heavy atom. The maximum atomic E-state index is 13.3. The highest BCUT2D eigenvalue weighted by atomic mass is 33.1. The van der Waals surface area contributed by atoms with Crippen LogP contribution in [0.3, 0.4) is 0 Å². The van der Waals surface area contributed by atoms with Crippen LogP contribution < -0.4 is 20.1 Å². The van der Waals surface area contributed by atoms with Gasteiger partial charge >= 0.3 is 0 Å². The van der Waals surface area contributed by atoms with Crippen molar-refractivity contribution in [1.29, 1.82) is 0 Å². The highest BCUT2D eigenvalue weighted by molar-refractivity contribution is 8.76. The van der Waals surface area contributed by atoms with Gasteiger partial charge in [-0.25, -0.2) is 0 Å². The molecule has 0 saturated carbocycles. The van der Waals surface area contributed by atoms with Crippen LogP contribution in [0, 0.1) is 0 Å². The summed E-state index contributed by atoms with van der Waals surface area (Å²) >= 11 is 0. The number of carbonyl (C=O) groups excluding carboxylic acids is 2. The van der Waals surface area contributed by atoms with Gasteiger partial charge in [0.2, 0.25) is 0 Å². The monoisotopic (exact) mass is 740 g/mol.